The summed E-state index contributed by atoms with van der Waals surface area (Å²) >= 11 is 0. The third kappa shape index (κ3) is 5.54. The summed E-state index contributed by atoms with van der Waals surface area (Å²) in [5.41, 5.74) is 1.37. The second-order valence-corrected chi connectivity index (χ2v) is 6.90. The van der Waals surface area contributed by atoms with E-state index >= 15 is 0 Å². The lowest BCUT2D eigenvalue weighted by molar-refractivity contribution is 0.0303. The molecule has 0 unspecified atom stereocenters. The number of nitrogens with one attached hydrogen (secondary N) is 1. The van der Waals surface area contributed by atoms with Crippen LogP contribution in [0, 0.1) is 0 Å². The number of nitrogens with zero attached hydrogens (tertiary/aromatic N) is 4. The first kappa shape index (κ1) is 20.8. The van der Waals surface area contributed by atoms with Gasteiger partial charge >= 0.3 is 6.03 Å². The molecule has 1 aliphatic rings. The summed E-state index contributed by atoms with van der Waals surface area (Å²) in [6.45, 7) is 5.51. The average molecular weight is 401 g/mol. The van der Waals surface area contributed by atoms with Gasteiger partial charge < -0.3 is 24.4 Å². The molecule has 0 atom stereocenters. The molecule has 9 nitrogen and oxygen atoms in total. The molecule has 156 valence electrons. The number of morpholine rings is 1. The zero-order chi connectivity index (χ0) is 20.6. The maximum Gasteiger partial charge on any atom is 0.317 e. The Morgan fingerprint density at radius 3 is 2.62 bits per heavy atom. The molecule has 1 saturated heterocycles. The summed E-state index contributed by atoms with van der Waals surface area (Å²) in [7, 11) is 1.73. The van der Waals surface area contributed by atoms with E-state index in [1.165, 1.54) is 0 Å². The molecule has 3 amide bonds. The molecular formula is C20H27N5O4. The standard InChI is InChI=1S/C20H27N5O4/c1-3-9-21-20(27)24(2)10-8-17-22-18(29-23-17)15-4-6-16(7-5-15)19(26)25-11-13-28-14-12-25/h4-7H,3,8-14H2,1-2H3,(H,21,27). The lowest BCUT2D eigenvalue weighted by Gasteiger charge is -2.26. The predicted octanol–water partition coefficient (Wildman–Crippen LogP) is 1.80. The minimum Gasteiger partial charge on any atom is -0.378 e. The van der Waals surface area contributed by atoms with Gasteiger partial charge in [0.25, 0.3) is 11.8 Å². The SMILES string of the molecule is CCCNC(=O)N(C)CCc1noc(-c2ccc(C(=O)N3CCOCC3)cc2)n1. The fraction of sp³-hybridized carbons (Fsp3) is 0.500. The molecule has 2 aromatic rings. The number of likely N-dealkylation sites (N-methyl/N-ethyl adjacent to an activating group) is 1. The molecule has 1 fully saturated rings. The van der Waals surface area contributed by atoms with Crippen LogP contribution in [0.2, 0.25) is 0 Å². The van der Waals surface area contributed by atoms with Crippen molar-refractivity contribution < 1.29 is 18.8 Å². The van der Waals surface area contributed by atoms with Gasteiger partial charge in [0.15, 0.2) is 5.82 Å². The van der Waals surface area contributed by atoms with Crippen molar-refractivity contribution in [1.29, 1.82) is 0 Å². The molecule has 0 saturated carbocycles. The number of carbonyl (C=O) groups excluding carboxylic acids is 2. The molecule has 0 aliphatic carbocycles. The summed E-state index contributed by atoms with van der Waals surface area (Å²) in [4.78, 5) is 32.1. The number of urea groups is 1. The lowest BCUT2D eigenvalue weighted by atomic mass is 10.1. The van der Waals surface area contributed by atoms with Gasteiger partial charge in [-0.2, -0.15) is 4.98 Å². The van der Waals surface area contributed by atoms with Gasteiger partial charge in [0.2, 0.25) is 0 Å². The Morgan fingerprint density at radius 2 is 1.93 bits per heavy atom. The minimum absolute atomic E-state index is 0.00421. The number of carbonyl (C=O) groups is 2. The summed E-state index contributed by atoms with van der Waals surface area (Å²) in [6, 6.07) is 7.02. The third-order valence-electron chi connectivity index (χ3n) is 4.69. The molecule has 0 spiro atoms. The van der Waals surface area contributed by atoms with Gasteiger partial charge in [-0.05, 0) is 30.7 Å². The Labute approximate surface area is 170 Å². The van der Waals surface area contributed by atoms with Crippen molar-refractivity contribution in [2.24, 2.45) is 0 Å². The number of hydrogen-bond donors (Lipinski definition) is 1. The van der Waals surface area contributed by atoms with Gasteiger partial charge in [-0.25, -0.2) is 4.79 Å². The number of hydrogen-bond acceptors (Lipinski definition) is 6. The monoisotopic (exact) mass is 401 g/mol. The van der Waals surface area contributed by atoms with Gasteiger partial charge in [-0.1, -0.05) is 12.1 Å². The molecule has 0 bridgehead atoms. The highest BCUT2D eigenvalue weighted by Gasteiger charge is 2.19. The van der Waals surface area contributed by atoms with Crippen molar-refractivity contribution in [2.45, 2.75) is 19.8 Å². The van der Waals surface area contributed by atoms with Crippen LogP contribution in [-0.4, -0.2) is 78.3 Å². The van der Waals surface area contributed by atoms with Gasteiger partial charge in [0.1, 0.15) is 0 Å². The minimum atomic E-state index is -0.115. The van der Waals surface area contributed by atoms with Gasteiger partial charge in [0, 0.05) is 50.8 Å². The second kappa shape index (κ2) is 10.0. The maximum atomic E-state index is 12.5. The number of ether oxygens (including phenoxy) is 1. The molecule has 1 aromatic heterocycles. The Kier molecular flexibility index (Phi) is 7.18. The van der Waals surface area contributed by atoms with Crippen molar-refractivity contribution in [3.05, 3.63) is 35.7 Å². The molecule has 9 heteroatoms. The van der Waals surface area contributed by atoms with E-state index in [4.69, 9.17) is 9.26 Å². The fourth-order valence-corrected chi connectivity index (χ4v) is 2.91. The molecule has 29 heavy (non-hydrogen) atoms. The van der Waals surface area contributed by atoms with Crippen molar-refractivity contribution in [3.8, 4) is 11.5 Å². The second-order valence-electron chi connectivity index (χ2n) is 6.90. The van der Waals surface area contributed by atoms with E-state index < -0.39 is 0 Å². The quantitative estimate of drug-likeness (QED) is 0.759. The highest BCUT2D eigenvalue weighted by atomic mass is 16.5. The van der Waals surface area contributed by atoms with Crippen LogP contribution >= 0.6 is 0 Å². The normalized spacial score (nSPS) is 13.9. The number of rotatable bonds is 7. The Balaban J connectivity index is 1.56. The molecule has 1 aliphatic heterocycles. The van der Waals surface area contributed by atoms with Crippen LogP contribution in [-0.2, 0) is 11.2 Å². The third-order valence-corrected chi connectivity index (χ3v) is 4.69. The van der Waals surface area contributed by atoms with Crippen molar-refractivity contribution in [1.82, 2.24) is 25.3 Å². The molecule has 2 heterocycles. The first-order chi connectivity index (χ1) is 14.1. The van der Waals surface area contributed by atoms with E-state index in [0.717, 1.165) is 12.0 Å². The lowest BCUT2D eigenvalue weighted by Crippen LogP contribution is -2.40. The summed E-state index contributed by atoms with van der Waals surface area (Å²) < 4.78 is 10.6. The Bertz CT molecular complexity index is 815. The zero-order valence-corrected chi connectivity index (χ0v) is 16.9. The van der Waals surface area contributed by atoms with Crippen molar-refractivity contribution >= 4 is 11.9 Å². The van der Waals surface area contributed by atoms with Gasteiger partial charge in [0.05, 0.1) is 13.2 Å². The van der Waals surface area contributed by atoms with Crippen LogP contribution in [0.1, 0.15) is 29.5 Å². The smallest absolute Gasteiger partial charge is 0.317 e. The Hall–Kier alpha value is -2.94. The van der Waals surface area contributed by atoms with E-state index in [-0.39, 0.29) is 11.9 Å². The van der Waals surface area contributed by atoms with E-state index in [0.29, 0.717) is 63.1 Å². The Morgan fingerprint density at radius 1 is 1.21 bits per heavy atom. The van der Waals surface area contributed by atoms with Crippen LogP contribution in [0.3, 0.4) is 0 Å². The van der Waals surface area contributed by atoms with E-state index in [2.05, 4.69) is 15.5 Å². The van der Waals surface area contributed by atoms with Crippen LogP contribution in [0.5, 0.6) is 0 Å². The predicted molar refractivity (Wildman–Crippen MR) is 106 cm³/mol. The molecule has 1 N–H and O–H groups in total. The van der Waals surface area contributed by atoms with Crippen LogP contribution in [0.25, 0.3) is 11.5 Å². The van der Waals surface area contributed by atoms with Crippen LogP contribution in [0.4, 0.5) is 4.79 Å². The van der Waals surface area contributed by atoms with E-state index in [1.54, 1.807) is 41.1 Å². The summed E-state index contributed by atoms with van der Waals surface area (Å²) in [5, 5.41) is 6.81. The number of aromatic nitrogens is 2. The van der Waals surface area contributed by atoms with Crippen molar-refractivity contribution in [2.75, 3.05) is 46.4 Å². The average Bonchev–Trinajstić information content (AvgIpc) is 3.25. The molecule has 0 radical (unpaired) electrons. The fourth-order valence-electron chi connectivity index (χ4n) is 2.91. The van der Waals surface area contributed by atoms with Gasteiger partial charge in [-0.3, -0.25) is 4.79 Å². The van der Waals surface area contributed by atoms with Crippen molar-refractivity contribution in [3.63, 3.8) is 0 Å². The summed E-state index contributed by atoms with van der Waals surface area (Å²) in [6.07, 6.45) is 1.39. The summed E-state index contributed by atoms with van der Waals surface area (Å²) in [5.74, 6) is 0.919. The van der Waals surface area contributed by atoms with Crippen LogP contribution < -0.4 is 5.32 Å². The number of benzene rings is 1. The highest BCUT2D eigenvalue weighted by molar-refractivity contribution is 5.94. The molecule has 3 rings (SSSR count). The first-order valence-corrected chi connectivity index (χ1v) is 9.87. The van der Waals surface area contributed by atoms with Crippen LogP contribution in [0.15, 0.2) is 28.8 Å². The molecule has 1 aromatic carbocycles. The first-order valence-electron chi connectivity index (χ1n) is 9.87. The topological polar surface area (TPSA) is 101 Å². The number of amides is 3. The molecular weight excluding hydrogens is 374 g/mol. The van der Waals surface area contributed by atoms with Gasteiger partial charge in [-0.15, -0.1) is 0 Å². The maximum absolute atomic E-state index is 12.5. The highest BCUT2D eigenvalue weighted by Crippen LogP contribution is 2.19. The zero-order valence-electron chi connectivity index (χ0n) is 16.9. The van der Waals surface area contributed by atoms with E-state index in [9.17, 15) is 9.59 Å². The largest absolute Gasteiger partial charge is 0.378 e. The van der Waals surface area contributed by atoms with E-state index in [1.807, 2.05) is 6.92 Å².